The van der Waals surface area contributed by atoms with Crippen molar-refractivity contribution in [3.05, 3.63) is 54.2 Å². The summed E-state index contributed by atoms with van der Waals surface area (Å²) in [5.41, 5.74) is 1.04. The summed E-state index contributed by atoms with van der Waals surface area (Å²) in [6.07, 6.45) is 1.53. The molecule has 2 aromatic carbocycles. The van der Waals surface area contributed by atoms with Gasteiger partial charge in [-0.25, -0.2) is 13.8 Å². The summed E-state index contributed by atoms with van der Waals surface area (Å²) in [4.78, 5) is 4.27. The van der Waals surface area contributed by atoms with Crippen LogP contribution in [0.15, 0.2) is 42.6 Å². The first-order chi connectivity index (χ1) is 12.6. The molecule has 0 spiro atoms. The van der Waals surface area contributed by atoms with Crippen LogP contribution in [0.25, 0.3) is 21.9 Å². The van der Waals surface area contributed by atoms with Crippen molar-refractivity contribution < 1.29 is 23.7 Å². The Kier molecular flexibility index (Phi) is 5.60. The zero-order chi connectivity index (χ0) is 18.5. The number of aliphatic hydroxyl groups excluding tert-OH is 1. The molecule has 0 aliphatic rings. The van der Waals surface area contributed by atoms with Crippen molar-refractivity contribution in [2.75, 3.05) is 31.7 Å². The summed E-state index contributed by atoms with van der Waals surface area (Å²) in [5.74, 6) is -1.29. The molecule has 0 radical (unpaired) electrons. The van der Waals surface area contributed by atoms with Gasteiger partial charge in [0.05, 0.1) is 25.2 Å². The number of fused-ring (bicyclic) bond motifs is 1. The van der Waals surface area contributed by atoms with E-state index in [9.17, 15) is 13.9 Å². The Morgan fingerprint density at radius 2 is 1.92 bits per heavy atom. The van der Waals surface area contributed by atoms with Crippen molar-refractivity contribution in [1.82, 2.24) is 4.98 Å². The molecule has 7 heteroatoms. The van der Waals surface area contributed by atoms with Crippen LogP contribution in [-0.2, 0) is 4.74 Å². The highest BCUT2D eigenvalue weighted by Crippen LogP contribution is 2.34. The van der Waals surface area contributed by atoms with Crippen LogP contribution in [0.4, 0.5) is 14.6 Å². The van der Waals surface area contributed by atoms with Crippen molar-refractivity contribution in [1.29, 1.82) is 0 Å². The van der Waals surface area contributed by atoms with Gasteiger partial charge in [0.15, 0.2) is 11.6 Å². The van der Waals surface area contributed by atoms with Crippen LogP contribution >= 0.6 is 0 Å². The predicted octanol–water partition coefficient (Wildman–Crippen LogP) is 3.31. The van der Waals surface area contributed by atoms with E-state index in [0.717, 1.165) is 0 Å². The van der Waals surface area contributed by atoms with Crippen LogP contribution in [0.2, 0.25) is 0 Å². The smallest absolute Gasteiger partial charge is 0.165 e. The molecule has 0 bridgehead atoms. The zero-order valence-electron chi connectivity index (χ0n) is 13.9. The van der Waals surface area contributed by atoms with Crippen molar-refractivity contribution in [3.63, 3.8) is 0 Å². The lowest BCUT2D eigenvalue weighted by molar-refractivity contribution is 0.0992. The Hall–Kier alpha value is -2.77. The number of hydrogen-bond donors (Lipinski definition) is 3. The number of rotatable bonds is 7. The molecule has 0 atom stereocenters. The molecule has 0 aliphatic carbocycles. The van der Waals surface area contributed by atoms with E-state index in [1.807, 2.05) is 0 Å². The predicted molar refractivity (Wildman–Crippen MR) is 95.2 cm³/mol. The number of aromatic hydroxyl groups is 1. The molecule has 3 N–H and O–H groups in total. The van der Waals surface area contributed by atoms with Gasteiger partial charge in [0.2, 0.25) is 0 Å². The monoisotopic (exact) mass is 360 g/mol. The third-order valence-corrected chi connectivity index (χ3v) is 3.90. The van der Waals surface area contributed by atoms with Crippen molar-refractivity contribution in [3.8, 4) is 16.9 Å². The Morgan fingerprint density at radius 1 is 1.08 bits per heavy atom. The second kappa shape index (κ2) is 8.07. The van der Waals surface area contributed by atoms with Gasteiger partial charge in [-0.05, 0) is 29.1 Å². The maximum Gasteiger partial charge on any atom is 0.165 e. The normalized spacial score (nSPS) is 11.0. The van der Waals surface area contributed by atoms with Gasteiger partial charge in [0, 0.05) is 18.3 Å². The summed E-state index contributed by atoms with van der Waals surface area (Å²) in [7, 11) is 0. The van der Waals surface area contributed by atoms with E-state index in [1.54, 1.807) is 18.2 Å². The molecule has 1 aromatic heterocycles. The number of pyridine rings is 1. The highest BCUT2D eigenvalue weighted by atomic mass is 19.1. The molecule has 0 saturated heterocycles. The van der Waals surface area contributed by atoms with E-state index in [1.165, 1.54) is 24.4 Å². The Morgan fingerprint density at radius 3 is 2.69 bits per heavy atom. The minimum absolute atomic E-state index is 0.0618. The van der Waals surface area contributed by atoms with Crippen LogP contribution < -0.4 is 5.32 Å². The van der Waals surface area contributed by atoms with Gasteiger partial charge in [0.25, 0.3) is 0 Å². The number of halogens is 2. The number of aliphatic hydroxyl groups is 1. The first-order valence-electron chi connectivity index (χ1n) is 8.10. The Labute approximate surface area is 148 Å². The average Bonchev–Trinajstić information content (AvgIpc) is 2.64. The van der Waals surface area contributed by atoms with Gasteiger partial charge in [-0.15, -0.1) is 0 Å². The third-order valence-electron chi connectivity index (χ3n) is 3.90. The van der Waals surface area contributed by atoms with Gasteiger partial charge in [-0.3, -0.25) is 0 Å². The molecular weight excluding hydrogens is 342 g/mol. The van der Waals surface area contributed by atoms with Crippen LogP contribution in [0.5, 0.6) is 5.75 Å². The van der Waals surface area contributed by atoms with Crippen LogP contribution in [0, 0.1) is 11.6 Å². The highest BCUT2D eigenvalue weighted by Gasteiger charge is 2.14. The number of hydrogen-bond acceptors (Lipinski definition) is 5. The summed E-state index contributed by atoms with van der Waals surface area (Å²) in [5, 5.41) is 21.9. The number of anilines is 1. The largest absolute Gasteiger partial charge is 0.505 e. The van der Waals surface area contributed by atoms with E-state index in [-0.39, 0.29) is 13.2 Å². The molecule has 0 aliphatic heterocycles. The maximum absolute atomic E-state index is 14.5. The lowest BCUT2D eigenvalue weighted by Crippen LogP contribution is -2.12. The molecule has 26 heavy (non-hydrogen) atoms. The lowest BCUT2D eigenvalue weighted by Gasteiger charge is -2.13. The molecule has 0 unspecified atom stereocenters. The van der Waals surface area contributed by atoms with E-state index in [0.29, 0.717) is 40.9 Å². The number of phenols is 1. The molecule has 0 fully saturated rings. The lowest BCUT2D eigenvalue weighted by atomic mass is 10.00. The Bertz CT molecular complexity index is 919. The zero-order valence-corrected chi connectivity index (χ0v) is 13.9. The van der Waals surface area contributed by atoms with Gasteiger partial charge in [0.1, 0.15) is 11.6 Å². The van der Waals surface area contributed by atoms with Crippen LogP contribution in [-0.4, -0.2) is 41.6 Å². The van der Waals surface area contributed by atoms with Gasteiger partial charge in [-0.2, -0.15) is 0 Å². The number of ether oxygens (including phenoxy) is 1. The SMILES string of the molecule is OCCOCCNc1ncc(-c2ccc(O)c(F)c2)c2cccc(F)c12. The minimum Gasteiger partial charge on any atom is -0.505 e. The van der Waals surface area contributed by atoms with Crippen molar-refractivity contribution in [2.24, 2.45) is 0 Å². The number of benzene rings is 2. The summed E-state index contributed by atoms with van der Waals surface area (Å²) < 4.78 is 33.3. The second-order valence-electron chi connectivity index (χ2n) is 5.61. The van der Waals surface area contributed by atoms with Gasteiger partial charge in [-0.1, -0.05) is 18.2 Å². The fraction of sp³-hybridized carbons (Fsp3) is 0.211. The summed E-state index contributed by atoms with van der Waals surface area (Å²) in [6.45, 7) is 0.899. The first kappa shape index (κ1) is 18.0. The van der Waals surface area contributed by atoms with Gasteiger partial charge >= 0.3 is 0 Å². The average molecular weight is 360 g/mol. The quantitative estimate of drug-likeness (QED) is 0.564. The van der Waals surface area contributed by atoms with E-state index < -0.39 is 17.4 Å². The number of nitrogens with zero attached hydrogens (tertiary/aromatic N) is 1. The fourth-order valence-corrected chi connectivity index (χ4v) is 2.70. The molecule has 0 saturated carbocycles. The van der Waals surface area contributed by atoms with E-state index >= 15 is 0 Å². The van der Waals surface area contributed by atoms with Gasteiger partial charge < -0.3 is 20.3 Å². The van der Waals surface area contributed by atoms with Crippen molar-refractivity contribution >= 4 is 16.6 Å². The molecule has 0 amide bonds. The molecule has 3 aromatic rings. The highest BCUT2D eigenvalue weighted by molar-refractivity contribution is 6.02. The van der Waals surface area contributed by atoms with E-state index in [4.69, 9.17) is 9.84 Å². The standard InChI is InChI=1S/C19H18F2N2O3/c20-15-3-1-2-13-14(12-4-5-17(25)16(21)10-12)11-23-19(18(13)15)22-6-8-26-9-7-24/h1-5,10-11,24-25H,6-9H2,(H,22,23). The Balaban J connectivity index is 1.98. The molecule has 3 rings (SSSR count). The molecule has 1 heterocycles. The first-order valence-corrected chi connectivity index (χ1v) is 8.10. The second-order valence-corrected chi connectivity index (χ2v) is 5.61. The topological polar surface area (TPSA) is 74.6 Å². The molecule has 5 nitrogen and oxygen atoms in total. The van der Waals surface area contributed by atoms with Crippen LogP contribution in [0.3, 0.4) is 0 Å². The number of aromatic nitrogens is 1. The summed E-state index contributed by atoms with van der Waals surface area (Å²) in [6, 6.07) is 8.63. The molecule has 136 valence electrons. The third kappa shape index (κ3) is 3.74. The summed E-state index contributed by atoms with van der Waals surface area (Å²) >= 11 is 0. The van der Waals surface area contributed by atoms with E-state index in [2.05, 4.69) is 10.3 Å². The fourth-order valence-electron chi connectivity index (χ4n) is 2.70. The van der Waals surface area contributed by atoms with Crippen LogP contribution in [0.1, 0.15) is 0 Å². The van der Waals surface area contributed by atoms with Crippen molar-refractivity contribution in [2.45, 2.75) is 0 Å². The number of phenolic OH excluding ortho intramolecular Hbond substituents is 1. The maximum atomic E-state index is 14.5. The number of nitrogens with one attached hydrogen (secondary N) is 1. The minimum atomic E-state index is -0.754. The molecular formula is C19H18F2N2O3.